The quantitative estimate of drug-likeness (QED) is 0.735. The van der Waals surface area contributed by atoms with E-state index in [0.29, 0.717) is 5.75 Å². The molecule has 1 aromatic carbocycles. The van der Waals surface area contributed by atoms with Gasteiger partial charge in [-0.25, -0.2) is 9.50 Å². The summed E-state index contributed by atoms with van der Waals surface area (Å²) in [4.78, 5) is 18.3. The summed E-state index contributed by atoms with van der Waals surface area (Å²) in [6.45, 7) is 1.93. The second-order valence-corrected chi connectivity index (χ2v) is 6.38. The second kappa shape index (κ2) is 6.28. The Labute approximate surface area is 130 Å². The highest BCUT2D eigenvalue weighted by Crippen LogP contribution is 2.18. The van der Waals surface area contributed by atoms with E-state index < -0.39 is 0 Å². The number of aromatic nitrogens is 3. The lowest BCUT2D eigenvalue weighted by atomic mass is 10.2. The fourth-order valence-electron chi connectivity index (χ4n) is 1.89. The number of hydrogen-bond donors (Lipinski definition) is 1. The van der Waals surface area contributed by atoms with E-state index in [1.54, 1.807) is 10.0 Å². The number of benzene rings is 1. The molecule has 7 heteroatoms. The Morgan fingerprint density at radius 1 is 1.43 bits per heavy atom. The third-order valence-corrected chi connectivity index (χ3v) is 4.64. The van der Waals surface area contributed by atoms with Crippen LogP contribution in [-0.4, -0.2) is 26.3 Å². The Hall–Kier alpha value is -1.86. The van der Waals surface area contributed by atoms with Crippen LogP contribution >= 0.6 is 23.1 Å². The molecule has 0 aliphatic carbocycles. The predicted octanol–water partition coefficient (Wildman–Crippen LogP) is 2.76. The molecule has 0 fully saturated rings. The van der Waals surface area contributed by atoms with Crippen LogP contribution in [0.25, 0.3) is 4.96 Å². The molecule has 1 atom stereocenters. The van der Waals surface area contributed by atoms with Gasteiger partial charge in [0.05, 0.1) is 23.7 Å². The Morgan fingerprint density at radius 2 is 2.24 bits per heavy atom. The Kier molecular flexibility index (Phi) is 4.21. The number of nitrogens with zero attached hydrogens (tertiary/aromatic N) is 3. The molecule has 1 N–H and O–H groups in total. The first-order valence-corrected chi connectivity index (χ1v) is 8.35. The number of amides is 1. The van der Waals surface area contributed by atoms with Gasteiger partial charge in [0.15, 0.2) is 0 Å². The van der Waals surface area contributed by atoms with E-state index in [2.05, 4.69) is 15.4 Å². The molecule has 5 nitrogen and oxygen atoms in total. The van der Waals surface area contributed by atoms with Crippen LogP contribution < -0.4 is 5.32 Å². The van der Waals surface area contributed by atoms with E-state index >= 15 is 0 Å². The molecule has 1 amide bonds. The van der Waals surface area contributed by atoms with Crippen LogP contribution in [0.4, 0.5) is 0 Å². The zero-order valence-electron chi connectivity index (χ0n) is 11.4. The number of hydrogen-bond acceptors (Lipinski definition) is 5. The van der Waals surface area contributed by atoms with Gasteiger partial charge in [0.2, 0.25) is 10.9 Å². The molecule has 0 unspecified atom stereocenters. The van der Waals surface area contributed by atoms with Crippen LogP contribution in [-0.2, 0) is 4.79 Å². The van der Waals surface area contributed by atoms with Gasteiger partial charge in [0.1, 0.15) is 5.51 Å². The van der Waals surface area contributed by atoms with Gasteiger partial charge in [-0.2, -0.15) is 5.10 Å². The molecule has 0 spiro atoms. The summed E-state index contributed by atoms with van der Waals surface area (Å²) in [6.07, 6.45) is 1.85. The van der Waals surface area contributed by atoms with E-state index in [1.807, 2.05) is 43.5 Å². The van der Waals surface area contributed by atoms with Crippen LogP contribution in [0, 0.1) is 0 Å². The fourth-order valence-corrected chi connectivity index (χ4v) is 3.23. The predicted molar refractivity (Wildman–Crippen MR) is 84.6 cm³/mol. The lowest BCUT2D eigenvalue weighted by molar-refractivity contribution is -0.119. The molecule has 0 saturated carbocycles. The zero-order valence-corrected chi connectivity index (χ0v) is 13.0. The van der Waals surface area contributed by atoms with E-state index in [9.17, 15) is 4.79 Å². The SMILES string of the molecule is C[C@H](NC(=O)CSc1ccccc1)c1cn2ncsc2n1. The normalized spacial score (nSPS) is 12.4. The molecule has 0 radical (unpaired) electrons. The maximum atomic E-state index is 12.0. The highest BCUT2D eigenvalue weighted by molar-refractivity contribution is 8.00. The number of imidazole rings is 1. The first-order chi connectivity index (χ1) is 10.2. The molecule has 21 heavy (non-hydrogen) atoms. The molecule has 2 aromatic heterocycles. The van der Waals surface area contributed by atoms with Crippen LogP contribution in [0.2, 0.25) is 0 Å². The van der Waals surface area contributed by atoms with Crippen molar-refractivity contribution >= 4 is 34.0 Å². The molecule has 0 saturated heterocycles. The average molecular weight is 318 g/mol. The summed E-state index contributed by atoms with van der Waals surface area (Å²) in [5, 5.41) is 7.09. The number of carbonyl (C=O) groups excluding carboxylic acids is 1. The van der Waals surface area contributed by atoms with Gasteiger partial charge < -0.3 is 5.32 Å². The topological polar surface area (TPSA) is 59.3 Å². The van der Waals surface area contributed by atoms with Crippen LogP contribution in [0.5, 0.6) is 0 Å². The third kappa shape index (κ3) is 3.43. The van der Waals surface area contributed by atoms with Crippen molar-refractivity contribution < 1.29 is 4.79 Å². The van der Waals surface area contributed by atoms with Gasteiger partial charge in [-0.05, 0) is 19.1 Å². The smallest absolute Gasteiger partial charge is 0.230 e. The maximum Gasteiger partial charge on any atom is 0.230 e. The van der Waals surface area contributed by atoms with Crippen molar-refractivity contribution in [3.63, 3.8) is 0 Å². The number of nitrogens with one attached hydrogen (secondary N) is 1. The van der Waals surface area contributed by atoms with Crippen LogP contribution in [0.3, 0.4) is 0 Å². The summed E-state index contributed by atoms with van der Waals surface area (Å²) in [6, 6.07) is 9.77. The summed E-state index contributed by atoms with van der Waals surface area (Å²) in [5.74, 6) is 0.398. The first-order valence-electron chi connectivity index (χ1n) is 6.48. The monoisotopic (exact) mass is 318 g/mol. The minimum Gasteiger partial charge on any atom is -0.347 e. The maximum absolute atomic E-state index is 12.0. The average Bonchev–Trinajstić information content (AvgIpc) is 3.07. The van der Waals surface area contributed by atoms with Crippen LogP contribution in [0.15, 0.2) is 46.9 Å². The van der Waals surface area contributed by atoms with Crippen molar-refractivity contribution in [1.29, 1.82) is 0 Å². The van der Waals surface area contributed by atoms with Crippen molar-refractivity contribution in [2.24, 2.45) is 0 Å². The number of thioether (sulfide) groups is 1. The second-order valence-electron chi connectivity index (χ2n) is 4.52. The summed E-state index contributed by atoms with van der Waals surface area (Å²) in [5.41, 5.74) is 2.57. The van der Waals surface area contributed by atoms with Crippen molar-refractivity contribution in [2.75, 3.05) is 5.75 Å². The largest absolute Gasteiger partial charge is 0.347 e. The molecular formula is C14H14N4OS2. The molecule has 0 aliphatic heterocycles. The first kappa shape index (κ1) is 14.1. The van der Waals surface area contributed by atoms with E-state index in [0.717, 1.165) is 15.6 Å². The van der Waals surface area contributed by atoms with Gasteiger partial charge in [0.25, 0.3) is 0 Å². The number of carbonyl (C=O) groups is 1. The summed E-state index contributed by atoms with van der Waals surface area (Å²) in [7, 11) is 0. The lowest BCUT2D eigenvalue weighted by Crippen LogP contribution is -2.28. The van der Waals surface area contributed by atoms with Gasteiger partial charge in [-0.3, -0.25) is 4.79 Å². The molecule has 0 aliphatic rings. The number of fused-ring (bicyclic) bond motifs is 1. The van der Waals surface area contributed by atoms with E-state index in [4.69, 9.17) is 0 Å². The molecule has 3 rings (SSSR count). The summed E-state index contributed by atoms with van der Waals surface area (Å²) >= 11 is 3.00. The van der Waals surface area contributed by atoms with Gasteiger partial charge in [0, 0.05) is 4.90 Å². The van der Waals surface area contributed by atoms with Gasteiger partial charge >= 0.3 is 0 Å². The molecular weight excluding hydrogens is 304 g/mol. The molecule has 0 bridgehead atoms. The van der Waals surface area contributed by atoms with Crippen molar-refractivity contribution in [2.45, 2.75) is 17.9 Å². The Balaban J connectivity index is 1.55. The number of rotatable bonds is 5. The molecule has 3 aromatic rings. The minimum atomic E-state index is -0.122. The lowest BCUT2D eigenvalue weighted by Gasteiger charge is -2.11. The minimum absolute atomic E-state index is 0.000617. The fraction of sp³-hybridized carbons (Fsp3) is 0.214. The zero-order chi connectivity index (χ0) is 14.7. The molecule has 108 valence electrons. The highest BCUT2D eigenvalue weighted by atomic mass is 32.2. The van der Waals surface area contributed by atoms with Gasteiger partial charge in [-0.15, -0.1) is 11.8 Å². The molecule has 2 heterocycles. The van der Waals surface area contributed by atoms with Crippen molar-refractivity contribution in [3.8, 4) is 0 Å². The van der Waals surface area contributed by atoms with Gasteiger partial charge in [-0.1, -0.05) is 29.5 Å². The van der Waals surface area contributed by atoms with Crippen LogP contribution in [0.1, 0.15) is 18.7 Å². The summed E-state index contributed by atoms with van der Waals surface area (Å²) < 4.78 is 1.72. The third-order valence-electron chi connectivity index (χ3n) is 2.94. The van der Waals surface area contributed by atoms with E-state index in [1.165, 1.54) is 23.1 Å². The van der Waals surface area contributed by atoms with Crippen molar-refractivity contribution in [1.82, 2.24) is 19.9 Å². The Bertz CT molecular complexity index is 709. The highest BCUT2D eigenvalue weighted by Gasteiger charge is 2.14. The van der Waals surface area contributed by atoms with E-state index in [-0.39, 0.29) is 11.9 Å². The standard InChI is InChI=1S/C14H14N4OS2/c1-10(12-7-18-14(17-12)21-9-15-18)16-13(19)8-20-11-5-3-2-4-6-11/h2-7,9-10H,8H2,1H3,(H,16,19)/t10-/m0/s1. The van der Waals surface area contributed by atoms with Crippen molar-refractivity contribution in [3.05, 3.63) is 47.7 Å². The Morgan fingerprint density at radius 3 is 3.00 bits per heavy atom.